The highest BCUT2D eigenvalue weighted by Gasteiger charge is 2.52. The number of guanidine groups is 1. The summed E-state index contributed by atoms with van der Waals surface area (Å²) in [5, 5.41) is 10.2. The molecule has 2 aromatic rings. The molecule has 27 heavy (non-hydrogen) atoms. The molecular weight excluding hydrogens is 467 g/mol. The Kier molecular flexibility index (Phi) is 6.78. The minimum absolute atomic E-state index is 0. The van der Waals surface area contributed by atoms with Crippen LogP contribution in [-0.4, -0.2) is 24.5 Å². The Morgan fingerprint density at radius 2 is 2.11 bits per heavy atom. The van der Waals surface area contributed by atoms with Crippen molar-refractivity contribution in [3.8, 4) is 0 Å². The molecular formula is C21H29IN4S. The Labute approximate surface area is 183 Å². The summed E-state index contributed by atoms with van der Waals surface area (Å²) in [6, 6.07) is 8.98. The average molecular weight is 496 g/mol. The monoisotopic (exact) mass is 496 g/mol. The van der Waals surface area contributed by atoms with E-state index in [1.807, 2.05) is 7.05 Å². The first-order chi connectivity index (χ1) is 12.7. The van der Waals surface area contributed by atoms with Crippen LogP contribution in [0.3, 0.4) is 0 Å². The van der Waals surface area contributed by atoms with Crippen LogP contribution >= 0.6 is 35.3 Å². The van der Waals surface area contributed by atoms with Gasteiger partial charge in [0.15, 0.2) is 5.96 Å². The van der Waals surface area contributed by atoms with Crippen LogP contribution in [0.15, 0.2) is 34.6 Å². The molecule has 1 heterocycles. The van der Waals surface area contributed by atoms with Gasteiger partial charge in [-0.1, -0.05) is 38.1 Å². The van der Waals surface area contributed by atoms with Gasteiger partial charge in [0.1, 0.15) is 5.01 Å². The van der Waals surface area contributed by atoms with Crippen LogP contribution in [0.5, 0.6) is 0 Å². The molecule has 0 bridgehead atoms. The van der Waals surface area contributed by atoms with E-state index in [1.165, 1.54) is 18.5 Å². The first-order valence-corrected chi connectivity index (χ1v) is 10.5. The van der Waals surface area contributed by atoms with Gasteiger partial charge in [-0.25, -0.2) is 4.98 Å². The van der Waals surface area contributed by atoms with E-state index < -0.39 is 0 Å². The molecule has 0 spiro atoms. The van der Waals surface area contributed by atoms with Gasteiger partial charge < -0.3 is 10.6 Å². The van der Waals surface area contributed by atoms with Crippen molar-refractivity contribution in [1.82, 2.24) is 15.6 Å². The molecule has 6 heteroatoms. The van der Waals surface area contributed by atoms with E-state index in [4.69, 9.17) is 0 Å². The third-order valence-corrected chi connectivity index (χ3v) is 6.66. The van der Waals surface area contributed by atoms with Crippen LogP contribution in [0.1, 0.15) is 53.9 Å². The van der Waals surface area contributed by atoms with Gasteiger partial charge >= 0.3 is 0 Å². The highest BCUT2D eigenvalue weighted by molar-refractivity contribution is 14.0. The van der Waals surface area contributed by atoms with Crippen LogP contribution in [0.2, 0.25) is 0 Å². The van der Waals surface area contributed by atoms with Crippen molar-refractivity contribution in [3.63, 3.8) is 0 Å². The van der Waals surface area contributed by atoms with Crippen molar-refractivity contribution in [2.75, 3.05) is 13.6 Å². The average Bonchev–Trinajstić information content (AvgIpc) is 3.16. The van der Waals surface area contributed by atoms with E-state index in [9.17, 15) is 0 Å². The summed E-state index contributed by atoms with van der Waals surface area (Å²) in [4.78, 5) is 9.06. The van der Waals surface area contributed by atoms with Gasteiger partial charge in [-0.05, 0) is 47.6 Å². The lowest BCUT2D eigenvalue weighted by Gasteiger charge is -2.13. The van der Waals surface area contributed by atoms with E-state index in [0.29, 0.717) is 5.92 Å². The third kappa shape index (κ3) is 4.47. The van der Waals surface area contributed by atoms with Gasteiger partial charge in [-0.2, -0.15) is 0 Å². The Morgan fingerprint density at radius 1 is 1.30 bits per heavy atom. The van der Waals surface area contributed by atoms with E-state index in [1.54, 1.807) is 22.5 Å². The molecule has 1 aromatic carbocycles. The van der Waals surface area contributed by atoms with Gasteiger partial charge in [-0.3, -0.25) is 4.99 Å². The predicted molar refractivity (Wildman–Crippen MR) is 124 cm³/mol. The molecule has 1 saturated carbocycles. The number of aliphatic imine (C=N–C) groups is 1. The summed E-state index contributed by atoms with van der Waals surface area (Å²) < 4.78 is 0. The Morgan fingerprint density at radius 3 is 2.85 bits per heavy atom. The standard InChI is InChI=1S/C21H28N4S.HI/c1-13(2)18-12-26-19(25-18)11-24-21(22-3)23-10-17-16-9-8-14-6-4-5-7-15(14)20(16)17;/h4-7,12-13,16-17,20H,8-11H2,1-3H3,(H2,22,23,24);1H. The summed E-state index contributed by atoms with van der Waals surface area (Å²) in [7, 11) is 1.84. The number of halogens is 1. The highest BCUT2D eigenvalue weighted by Crippen LogP contribution is 2.59. The Bertz CT molecular complexity index is 801. The molecule has 0 radical (unpaired) electrons. The molecule has 4 rings (SSSR count). The normalized spacial score (nSPS) is 23.3. The summed E-state index contributed by atoms with van der Waals surface area (Å²) in [6.45, 7) is 6.09. The van der Waals surface area contributed by atoms with Gasteiger partial charge in [0.25, 0.3) is 0 Å². The molecule has 0 saturated heterocycles. The van der Waals surface area contributed by atoms with Gasteiger partial charge in [-0.15, -0.1) is 35.3 Å². The third-order valence-electron chi connectivity index (χ3n) is 5.79. The van der Waals surface area contributed by atoms with E-state index in [-0.39, 0.29) is 24.0 Å². The molecule has 0 amide bonds. The first kappa shape index (κ1) is 20.6. The number of benzene rings is 1. The van der Waals surface area contributed by atoms with Crippen molar-refractivity contribution in [2.45, 2.75) is 45.1 Å². The summed E-state index contributed by atoms with van der Waals surface area (Å²) in [5.41, 5.74) is 4.32. The lowest BCUT2D eigenvalue weighted by molar-refractivity contribution is 0.618. The number of nitrogens with zero attached hydrogens (tertiary/aromatic N) is 2. The first-order valence-electron chi connectivity index (χ1n) is 9.64. The van der Waals surface area contributed by atoms with Gasteiger partial charge in [0.2, 0.25) is 0 Å². The maximum atomic E-state index is 4.68. The van der Waals surface area contributed by atoms with Gasteiger partial charge in [0.05, 0.1) is 12.2 Å². The van der Waals surface area contributed by atoms with Crippen LogP contribution in [0.4, 0.5) is 0 Å². The number of fused-ring (bicyclic) bond motifs is 3. The van der Waals surface area contributed by atoms with Gasteiger partial charge in [0, 0.05) is 19.0 Å². The number of aryl methyl sites for hydroxylation is 1. The largest absolute Gasteiger partial charge is 0.356 e. The van der Waals surface area contributed by atoms with E-state index >= 15 is 0 Å². The second kappa shape index (κ2) is 8.90. The van der Waals surface area contributed by atoms with Crippen molar-refractivity contribution in [2.24, 2.45) is 16.8 Å². The van der Waals surface area contributed by atoms with Crippen LogP contribution in [0, 0.1) is 11.8 Å². The molecule has 4 nitrogen and oxygen atoms in total. The molecule has 2 N–H and O–H groups in total. The second-order valence-corrected chi connectivity index (χ2v) is 8.66. The van der Waals surface area contributed by atoms with Crippen molar-refractivity contribution in [3.05, 3.63) is 51.5 Å². The quantitative estimate of drug-likeness (QED) is 0.364. The van der Waals surface area contributed by atoms with Crippen LogP contribution in [-0.2, 0) is 13.0 Å². The molecule has 1 fully saturated rings. The fourth-order valence-corrected chi connectivity index (χ4v) is 5.15. The Hall–Kier alpha value is -1.15. The molecule has 3 atom stereocenters. The fraction of sp³-hybridized carbons (Fsp3) is 0.524. The molecule has 0 aliphatic heterocycles. The lowest BCUT2D eigenvalue weighted by Crippen LogP contribution is -2.38. The highest BCUT2D eigenvalue weighted by atomic mass is 127. The topological polar surface area (TPSA) is 49.3 Å². The zero-order chi connectivity index (χ0) is 18.1. The van der Waals surface area contributed by atoms with Crippen LogP contribution < -0.4 is 10.6 Å². The maximum Gasteiger partial charge on any atom is 0.191 e. The second-order valence-electron chi connectivity index (χ2n) is 7.72. The summed E-state index contributed by atoms with van der Waals surface area (Å²) in [6.07, 6.45) is 2.57. The maximum absolute atomic E-state index is 4.68. The molecule has 1 aromatic heterocycles. The minimum Gasteiger partial charge on any atom is -0.356 e. The fourth-order valence-electron chi connectivity index (χ4n) is 4.25. The zero-order valence-electron chi connectivity index (χ0n) is 16.2. The van der Waals surface area contributed by atoms with E-state index in [2.05, 4.69) is 64.1 Å². The predicted octanol–water partition coefficient (Wildman–Crippen LogP) is 4.53. The van der Waals surface area contributed by atoms with Crippen molar-refractivity contribution < 1.29 is 0 Å². The van der Waals surface area contributed by atoms with Crippen molar-refractivity contribution in [1.29, 1.82) is 0 Å². The number of hydrogen-bond donors (Lipinski definition) is 2. The summed E-state index contributed by atoms with van der Waals surface area (Å²) >= 11 is 1.72. The minimum atomic E-state index is 0. The molecule has 2 aliphatic rings. The molecule has 146 valence electrons. The number of hydrogen-bond acceptors (Lipinski definition) is 3. The molecule has 2 aliphatic carbocycles. The molecule has 3 unspecified atom stereocenters. The smallest absolute Gasteiger partial charge is 0.191 e. The number of aromatic nitrogens is 1. The lowest BCUT2D eigenvalue weighted by atomic mass is 9.92. The zero-order valence-corrected chi connectivity index (χ0v) is 19.4. The van der Waals surface area contributed by atoms with E-state index in [0.717, 1.165) is 41.8 Å². The van der Waals surface area contributed by atoms with Crippen molar-refractivity contribution >= 4 is 41.3 Å². The summed E-state index contributed by atoms with van der Waals surface area (Å²) in [5.74, 6) is 3.70. The van der Waals surface area contributed by atoms with Crippen LogP contribution in [0.25, 0.3) is 0 Å². The number of rotatable bonds is 5. The SMILES string of the molecule is CN=C(NCc1nc(C(C)C)cs1)NCC1C2CCc3ccccc3C21.I. The number of nitrogens with one attached hydrogen (secondary N) is 2. The Balaban J connectivity index is 0.00000210. The number of thiazole rings is 1.